The molecule has 1 aliphatic rings. The normalized spacial score (nSPS) is 13.2. The molecule has 2 aromatic rings. The van der Waals surface area contributed by atoms with E-state index in [2.05, 4.69) is 0 Å². The average molecular weight is 356 g/mol. The van der Waals surface area contributed by atoms with Gasteiger partial charge < -0.3 is 4.74 Å². The number of nitrogens with zero attached hydrogens (tertiary/aromatic N) is 2. The fraction of sp³-hybridized carbons (Fsp3) is 0.222. The van der Waals surface area contributed by atoms with Crippen molar-refractivity contribution in [2.45, 2.75) is 13.0 Å². The Morgan fingerprint density at radius 3 is 2.80 bits per heavy atom. The number of anilines is 1. The van der Waals surface area contributed by atoms with E-state index in [-0.39, 0.29) is 6.61 Å². The molecule has 0 aromatic heterocycles. The van der Waals surface area contributed by atoms with Gasteiger partial charge in [0.05, 0.1) is 29.1 Å². The summed E-state index contributed by atoms with van der Waals surface area (Å²) in [5.41, 5.74) is 3.04. The third kappa shape index (κ3) is 3.64. The Morgan fingerprint density at radius 1 is 1.28 bits per heavy atom. The Balaban J connectivity index is 1.73. The van der Waals surface area contributed by atoms with Crippen molar-refractivity contribution in [3.8, 4) is 6.07 Å². The molecule has 25 heavy (non-hydrogen) atoms. The quantitative estimate of drug-likeness (QED) is 0.784. The summed E-state index contributed by atoms with van der Waals surface area (Å²) < 4.78 is 30.1. The predicted octanol–water partition coefficient (Wildman–Crippen LogP) is 2.24. The SMILES string of the molecule is CS(=O)(=O)N1CCc2cc(C(=O)OCc3cccc(C#N)c3)ccc21. The summed E-state index contributed by atoms with van der Waals surface area (Å²) in [6, 6.07) is 13.8. The number of carbonyl (C=O) groups is 1. The van der Waals surface area contributed by atoms with Crippen LogP contribution >= 0.6 is 0 Å². The minimum atomic E-state index is -3.31. The fourth-order valence-corrected chi connectivity index (χ4v) is 3.76. The first-order chi connectivity index (χ1) is 11.9. The lowest BCUT2D eigenvalue weighted by Crippen LogP contribution is -2.27. The van der Waals surface area contributed by atoms with Crippen LogP contribution in [0.2, 0.25) is 0 Å². The van der Waals surface area contributed by atoms with Crippen LogP contribution in [0.4, 0.5) is 5.69 Å². The number of benzene rings is 2. The molecule has 0 unspecified atom stereocenters. The molecule has 0 aliphatic carbocycles. The maximum Gasteiger partial charge on any atom is 0.338 e. The van der Waals surface area contributed by atoms with Crippen molar-refractivity contribution >= 4 is 21.7 Å². The minimum Gasteiger partial charge on any atom is -0.457 e. The van der Waals surface area contributed by atoms with E-state index >= 15 is 0 Å². The van der Waals surface area contributed by atoms with Gasteiger partial charge in [-0.2, -0.15) is 5.26 Å². The molecule has 0 bridgehead atoms. The molecule has 0 N–H and O–H groups in total. The van der Waals surface area contributed by atoms with Gasteiger partial charge >= 0.3 is 5.97 Å². The number of fused-ring (bicyclic) bond motifs is 1. The third-order valence-corrected chi connectivity index (χ3v) is 5.17. The molecule has 6 nitrogen and oxygen atoms in total. The average Bonchev–Trinajstić information content (AvgIpc) is 3.03. The molecular formula is C18H16N2O4S. The van der Waals surface area contributed by atoms with Gasteiger partial charge in [0.25, 0.3) is 0 Å². The van der Waals surface area contributed by atoms with Gasteiger partial charge in [0.2, 0.25) is 10.0 Å². The molecule has 1 heterocycles. The van der Waals surface area contributed by atoms with E-state index in [1.807, 2.05) is 6.07 Å². The van der Waals surface area contributed by atoms with Crippen LogP contribution < -0.4 is 4.31 Å². The van der Waals surface area contributed by atoms with Crippen LogP contribution in [0.1, 0.15) is 27.0 Å². The smallest absolute Gasteiger partial charge is 0.338 e. The molecular weight excluding hydrogens is 340 g/mol. The summed E-state index contributed by atoms with van der Waals surface area (Å²) in [6.45, 7) is 0.453. The molecule has 0 spiro atoms. The highest BCUT2D eigenvalue weighted by Crippen LogP contribution is 2.30. The lowest BCUT2D eigenvalue weighted by molar-refractivity contribution is 0.0472. The van der Waals surface area contributed by atoms with Crippen LogP contribution in [0.5, 0.6) is 0 Å². The summed E-state index contributed by atoms with van der Waals surface area (Å²) in [5, 5.41) is 8.88. The second kappa shape index (κ2) is 6.57. The van der Waals surface area contributed by atoms with Gasteiger partial charge in [-0.05, 0) is 47.9 Å². The van der Waals surface area contributed by atoms with Crippen molar-refractivity contribution in [3.05, 3.63) is 64.7 Å². The minimum absolute atomic E-state index is 0.0703. The molecule has 0 saturated carbocycles. The number of hydrogen-bond donors (Lipinski definition) is 0. The first-order valence-corrected chi connectivity index (χ1v) is 9.50. The summed E-state index contributed by atoms with van der Waals surface area (Å²) in [7, 11) is -3.31. The van der Waals surface area contributed by atoms with Crippen molar-refractivity contribution < 1.29 is 17.9 Å². The Bertz CT molecular complexity index is 977. The molecule has 0 radical (unpaired) electrons. The molecule has 3 rings (SSSR count). The molecule has 7 heteroatoms. The maximum absolute atomic E-state index is 12.2. The summed E-state index contributed by atoms with van der Waals surface area (Å²) in [4.78, 5) is 12.2. The van der Waals surface area contributed by atoms with Gasteiger partial charge in [-0.1, -0.05) is 12.1 Å². The monoisotopic (exact) mass is 356 g/mol. The highest BCUT2D eigenvalue weighted by Gasteiger charge is 2.26. The Kier molecular flexibility index (Phi) is 4.47. The number of ether oxygens (including phenoxy) is 1. The molecule has 0 fully saturated rings. The maximum atomic E-state index is 12.2. The number of sulfonamides is 1. The molecule has 128 valence electrons. The van der Waals surface area contributed by atoms with Crippen molar-refractivity contribution in [1.82, 2.24) is 0 Å². The molecule has 0 amide bonds. The van der Waals surface area contributed by atoms with Gasteiger partial charge in [0.1, 0.15) is 6.61 Å². The number of nitriles is 1. The van der Waals surface area contributed by atoms with Gasteiger partial charge in [-0.15, -0.1) is 0 Å². The predicted molar refractivity (Wildman–Crippen MR) is 92.6 cm³/mol. The Hall–Kier alpha value is -2.85. The fourth-order valence-electron chi connectivity index (χ4n) is 2.81. The number of rotatable bonds is 4. The van der Waals surface area contributed by atoms with Gasteiger partial charge in [0.15, 0.2) is 0 Å². The van der Waals surface area contributed by atoms with E-state index in [1.165, 1.54) is 10.6 Å². The first-order valence-electron chi connectivity index (χ1n) is 7.65. The number of carbonyl (C=O) groups excluding carboxylic acids is 1. The van der Waals surface area contributed by atoms with Crippen LogP contribution in [-0.2, 0) is 27.8 Å². The van der Waals surface area contributed by atoms with Crippen molar-refractivity contribution in [3.63, 3.8) is 0 Å². The second-order valence-corrected chi connectivity index (χ2v) is 7.72. The number of esters is 1. The zero-order chi connectivity index (χ0) is 18.0. The first kappa shape index (κ1) is 17.0. The van der Waals surface area contributed by atoms with Gasteiger partial charge in [-0.25, -0.2) is 13.2 Å². The van der Waals surface area contributed by atoms with E-state index in [0.717, 1.165) is 11.1 Å². The Morgan fingerprint density at radius 2 is 2.08 bits per heavy atom. The van der Waals surface area contributed by atoms with Crippen LogP contribution in [0.25, 0.3) is 0 Å². The molecule has 2 aromatic carbocycles. The van der Waals surface area contributed by atoms with Crippen molar-refractivity contribution in [2.75, 3.05) is 17.1 Å². The topological polar surface area (TPSA) is 87.5 Å². The number of hydrogen-bond acceptors (Lipinski definition) is 5. The van der Waals surface area contributed by atoms with E-state index < -0.39 is 16.0 Å². The van der Waals surface area contributed by atoms with E-state index in [4.69, 9.17) is 10.00 Å². The van der Waals surface area contributed by atoms with Crippen LogP contribution in [0.15, 0.2) is 42.5 Å². The van der Waals surface area contributed by atoms with Crippen LogP contribution in [0.3, 0.4) is 0 Å². The largest absolute Gasteiger partial charge is 0.457 e. The zero-order valence-corrected chi connectivity index (χ0v) is 14.4. The Labute approximate surface area is 146 Å². The summed E-state index contributed by atoms with van der Waals surface area (Å²) in [6.07, 6.45) is 1.73. The summed E-state index contributed by atoms with van der Waals surface area (Å²) in [5.74, 6) is -0.483. The standard InChI is InChI=1S/C18H16N2O4S/c1-25(22,23)20-8-7-15-10-16(5-6-17(15)20)18(21)24-12-14-4-2-3-13(9-14)11-19/h2-6,9-10H,7-8,12H2,1H3. The lowest BCUT2D eigenvalue weighted by atomic mass is 10.1. The van der Waals surface area contributed by atoms with Crippen LogP contribution in [-0.4, -0.2) is 27.2 Å². The summed E-state index contributed by atoms with van der Waals surface area (Å²) >= 11 is 0. The molecule has 0 saturated heterocycles. The van der Waals surface area contributed by atoms with E-state index in [0.29, 0.717) is 29.8 Å². The van der Waals surface area contributed by atoms with Gasteiger partial charge in [-0.3, -0.25) is 4.31 Å². The molecule has 0 atom stereocenters. The molecule has 1 aliphatic heterocycles. The third-order valence-electron chi connectivity index (χ3n) is 3.99. The second-order valence-electron chi connectivity index (χ2n) is 5.82. The van der Waals surface area contributed by atoms with Crippen LogP contribution in [0, 0.1) is 11.3 Å². The van der Waals surface area contributed by atoms with Crippen molar-refractivity contribution in [1.29, 1.82) is 5.26 Å². The lowest BCUT2D eigenvalue weighted by Gasteiger charge is -2.16. The van der Waals surface area contributed by atoms with Crippen molar-refractivity contribution in [2.24, 2.45) is 0 Å². The highest BCUT2D eigenvalue weighted by molar-refractivity contribution is 7.92. The zero-order valence-electron chi connectivity index (χ0n) is 13.6. The highest BCUT2D eigenvalue weighted by atomic mass is 32.2. The van der Waals surface area contributed by atoms with E-state index in [1.54, 1.807) is 42.5 Å². The van der Waals surface area contributed by atoms with Gasteiger partial charge in [0, 0.05) is 6.54 Å². The van der Waals surface area contributed by atoms with E-state index in [9.17, 15) is 13.2 Å².